The molecule has 4 nitrogen and oxygen atoms in total. The van der Waals surface area contributed by atoms with Gasteiger partial charge in [0.2, 0.25) is 0 Å². The van der Waals surface area contributed by atoms with E-state index < -0.39 is 0 Å². The van der Waals surface area contributed by atoms with Gasteiger partial charge < -0.3 is 4.57 Å². The molecule has 4 rings (SSSR count). The van der Waals surface area contributed by atoms with Gasteiger partial charge in [0.25, 0.3) is 0 Å². The fraction of sp³-hybridized carbons (Fsp3) is 0.438. The third-order valence-electron chi connectivity index (χ3n) is 4.01. The average Bonchev–Trinajstić information content (AvgIpc) is 3.39. The Labute approximate surface area is 128 Å². The largest absolute Gasteiger partial charge is 0.302 e. The van der Waals surface area contributed by atoms with Crippen LogP contribution in [0.3, 0.4) is 0 Å². The molecule has 1 heterocycles. The van der Waals surface area contributed by atoms with E-state index >= 15 is 0 Å². The van der Waals surface area contributed by atoms with Crippen LogP contribution in [0.15, 0.2) is 34.3 Å². The number of rotatable bonds is 5. The zero-order valence-corrected chi connectivity index (χ0v) is 12.8. The molecule has 1 aromatic heterocycles. The predicted molar refractivity (Wildman–Crippen MR) is 80.8 cm³/mol. The Morgan fingerprint density at radius 3 is 2.62 bits per heavy atom. The molecule has 2 aliphatic rings. The van der Waals surface area contributed by atoms with Gasteiger partial charge in [0.05, 0.1) is 0 Å². The van der Waals surface area contributed by atoms with Crippen LogP contribution in [-0.4, -0.2) is 20.5 Å². The van der Waals surface area contributed by atoms with E-state index in [0.29, 0.717) is 12.0 Å². The number of benzene rings is 1. The lowest BCUT2D eigenvalue weighted by molar-refractivity contribution is 0.101. The number of carbonyl (C=O) groups is 1. The van der Waals surface area contributed by atoms with Crippen molar-refractivity contribution in [3.8, 4) is 0 Å². The van der Waals surface area contributed by atoms with Gasteiger partial charge in [0.15, 0.2) is 10.9 Å². The van der Waals surface area contributed by atoms with Crippen LogP contribution in [0.2, 0.25) is 0 Å². The summed E-state index contributed by atoms with van der Waals surface area (Å²) in [6.07, 6.45) is 4.92. The molecule has 2 saturated carbocycles. The van der Waals surface area contributed by atoms with E-state index in [1.807, 2.05) is 24.3 Å². The number of hydrogen-bond acceptors (Lipinski definition) is 4. The molecular weight excluding hydrogens is 282 g/mol. The Balaban J connectivity index is 1.70. The number of aromatic nitrogens is 3. The second-order valence-electron chi connectivity index (χ2n) is 5.87. The van der Waals surface area contributed by atoms with E-state index in [0.717, 1.165) is 21.4 Å². The minimum Gasteiger partial charge on any atom is -0.302 e. The van der Waals surface area contributed by atoms with Crippen molar-refractivity contribution in [3.05, 3.63) is 35.7 Å². The molecular formula is C16H17N3OS. The van der Waals surface area contributed by atoms with E-state index in [4.69, 9.17) is 0 Å². The highest BCUT2D eigenvalue weighted by molar-refractivity contribution is 7.99. The zero-order valence-electron chi connectivity index (χ0n) is 12.0. The Hall–Kier alpha value is -1.62. The maximum Gasteiger partial charge on any atom is 0.196 e. The highest BCUT2D eigenvalue weighted by atomic mass is 32.2. The monoisotopic (exact) mass is 299 g/mol. The first-order chi connectivity index (χ1) is 10.2. The van der Waals surface area contributed by atoms with Crippen molar-refractivity contribution < 1.29 is 4.79 Å². The second kappa shape index (κ2) is 4.98. The standard InChI is InChI=1S/C16H17N3OS/c1-10(20)13-4-2-3-5-14(13)21-16-18-17-15(11-6-7-11)19(16)12-8-9-12/h2-5,11-12H,6-9H2,1H3. The molecule has 0 unspecified atom stereocenters. The Morgan fingerprint density at radius 2 is 1.95 bits per heavy atom. The Kier molecular flexibility index (Phi) is 3.10. The average molecular weight is 299 g/mol. The summed E-state index contributed by atoms with van der Waals surface area (Å²) in [4.78, 5) is 12.7. The van der Waals surface area contributed by atoms with Gasteiger partial charge in [-0.25, -0.2) is 0 Å². The van der Waals surface area contributed by atoms with Crippen molar-refractivity contribution in [1.82, 2.24) is 14.8 Å². The fourth-order valence-electron chi connectivity index (χ4n) is 2.60. The van der Waals surface area contributed by atoms with Crippen molar-refractivity contribution >= 4 is 17.5 Å². The van der Waals surface area contributed by atoms with Crippen LogP contribution in [0.25, 0.3) is 0 Å². The van der Waals surface area contributed by atoms with Gasteiger partial charge >= 0.3 is 0 Å². The number of nitrogens with zero attached hydrogens (tertiary/aromatic N) is 3. The summed E-state index contributed by atoms with van der Waals surface area (Å²) in [6, 6.07) is 8.31. The summed E-state index contributed by atoms with van der Waals surface area (Å²) in [7, 11) is 0. The number of ketones is 1. The van der Waals surface area contributed by atoms with Crippen molar-refractivity contribution in [3.63, 3.8) is 0 Å². The van der Waals surface area contributed by atoms with E-state index in [1.165, 1.54) is 25.7 Å². The zero-order chi connectivity index (χ0) is 14.4. The number of Topliss-reactive ketones (excluding diaryl/α,β-unsaturated/α-hetero) is 1. The Bertz CT molecular complexity index is 701. The van der Waals surface area contributed by atoms with Crippen LogP contribution >= 0.6 is 11.8 Å². The molecule has 0 radical (unpaired) electrons. The third kappa shape index (κ3) is 2.50. The van der Waals surface area contributed by atoms with Crippen molar-refractivity contribution in [2.24, 2.45) is 0 Å². The lowest BCUT2D eigenvalue weighted by Gasteiger charge is -2.09. The summed E-state index contributed by atoms with van der Waals surface area (Å²) in [6.45, 7) is 1.61. The molecule has 1 aromatic carbocycles. The predicted octanol–water partition coefficient (Wildman–Crippen LogP) is 3.84. The molecule has 21 heavy (non-hydrogen) atoms. The summed E-state index contributed by atoms with van der Waals surface area (Å²) < 4.78 is 2.32. The third-order valence-corrected chi connectivity index (χ3v) is 5.05. The van der Waals surface area contributed by atoms with E-state index in [-0.39, 0.29) is 5.78 Å². The number of carbonyl (C=O) groups excluding carboxylic acids is 1. The smallest absolute Gasteiger partial charge is 0.196 e. The molecule has 0 bridgehead atoms. The quantitative estimate of drug-likeness (QED) is 0.787. The highest BCUT2D eigenvalue weighted by Gasteiger charge is 2.36. The SMILES string of the molecule is CC(=O)c1ccccc1Sc1nnc(C2CC2)n1C1CC1. The first-order valence-electron chi connectivity index (χ1n) is 7.46. The molecule has 0 atom stereocenters. The molecule has 0 saturated heterocycles. The van der Waals surface area contributed by atoms with E-state index in [9.17, 15) is 4.79 Å². The van der Waals surface area contributed by atoms with Crippen molar-refractivity contribution in [1.29, 1.82) is 0 Å². The normalized spacial score (nSPS) is 18.0. The molecule has 5 heteroatoms. The highest BCUT2D eigenvalue weighted by Crippen LogP contribution is 2.46. The van der Waals surface area contributed by atoms with Crippen LogP contribution in [0.5, 0.6) is 0 Å². The fourth-order valence-corrected chi connectivity index (χ4v) is 3.69. The van der Waals surface area contributed by atoms with Gasteiger partial charge in [-0.1, -0.05) is 18.2 Å². The summed E-state index contributed by atoms with van der Waals surface area (Å²) in [5, 5.41) is 9.75. The maximum atomic E-state index is 11.8. The first kappa shape index (κ1) is 13.1. The molecule has 0 N–H and O–H groups in total. The lowest BCUT2D eigenvalue weighted by atomic mass is 10.1. The van der Waals surface area contributed by atoms with Crippen molar-refractivity contribution in [2.75, 3.05) is 0 Å². The molecule has 2 fully saturated rings. The number of hydrogen-bond donors (Lipinski definition) is 0. The first-order valence-corrected chi connectivity index (χ1v) is 8.28. The second-order valence-corrected chi connectivity index (χ2v) is 6.88. The van der Waals surface area contributed by atoms with Crippen LogP contribution in [0, 0.1) is 0 Å². The summed E-state index contributed by atoms with van der Waals surface area (Å²) in [5.74, 6) is 1.86. The molecule has 0 amide bonds. The van der Waals surface area contributed by atoms with Gasteiger partial charge in [0.1, 0.15) is 5.82 Å². The van der Waals surface area contributed by atoms with Crippen LogP contribution in [-0.2, 0) is 0 Å². The lowest BCUT2D eigenvalue weighted by Crippen LogP contribution is -2.02. The summed E-state index contributed by atoms with van der Waals surface area (Å²) in [5.41, 5.74) is 0.765. The van der Waals surface area contributed by atoms with Gasteiger partial charge in [-0.05, 0) is 50.4 Å². The van der Waals surface area contributed by atoms with Gasteiger partial charge in [-0.15, -0.1) is 10.2 Å². The van der Waals surface area contributed by atoms with E-state index in [1.54, 1.807) is 18.7 Å². The topological polar surface area (TPSA) is 47.8 Å². The molecule has 108 valence electrons. The molecule has 0 spiro atoms. The van der Waals surface area contributed by atoms with E-state index in [2.05, 4.69) is 14.8 Å². The van der Waals surface area contributed by atoms with Crippen LogP contribution in [0.4, 0.5) is 0 Å². The van der Waals surface area contributed by atoms with Crippen LogP contribution < -0.4 is 0 Å². The minimum absolute atomic E-state index is 0.0954. The Morgan fingerprint density at radius 1 is 1.19 bits per heavy atom. The van der Waals surface area contributed by atoms with Gasteiger partial charge in [-0.3, -0.25) is 4.79 Å². The van der Waals surface area contributed by atoms with Crippen LogP contribution in [0.1, 0.15) is 60.7 Å². The van der Waals surface area contributed by atoms with Crippen molar-refractivity contribution in [2.45, 2.75) is 54.6 Å². The maximum absolute atomic E-state index is 11.8. The van der Waals surface area contributed by atoms with Gasteiger partial charge in [-0.2, -0.15) is 0 Å². The minimum atomic E-state index is 0.0954. The molecule has 0 aliphatic heterocycles. The molecule has 2 aliphatic carbocycles. The van der Waals surface area contributed by atoms with Gasteiger partial charge in [0, 0.05) is 22.4 Å². The summed E-state index contributed by atoms with van der Waals surface area (Å²) >= 11 is 1.57. The molecule has 2 aromatic rings.